The number of anilines is 1. The van der Waals surface area contributed by atoms with Crippen molar-refractivity contribution in [1.29, 1.82) is 0 Å². The van der Waals surface area contributed by atoms with Gasteiger partial charge in [0.15, 0.2) is 0 Å². The molecule has 0 unspecified atom stereocenters. The average Bonchev–Trinajstić information content (AvgIpc) is 2.38. The fourth-order valence-corrected chi connectivity index (χ4v) is 1.69. The molecule has 0 aliphatic carbocycles. The van der Waals surface area contributed by atoms with Gasteiger partial charge in [0.2, 0.25) is 0 Å². The van der Waals surface area contributed by atoms with Crippen LogP contribution in [-0.4, -0.2) is 49.0 Å². The first kappa shape index (κ1) is 15.5. The minimum absolute atomic E-state index is 0. The van der Waals surface area contributed by atoms with Crippen LogP contribution in [0.3, 0.4) is 0 Å². The van der Waals surface area contributed by atoms with Gasteiger partial charge in [0.05, 0.1) is 0 Å². The number of rotatable bonds is 2. The molecule has 0 aliphatic heterocycles. The molecule has 0 aromatic heterocycles. The van der Waals surface area contributed by atoms with Crippen molar-refractivity contribution in [2.45, 2.75) is 0 Å². The van der Waals surface area contributed by atoms with Crippen molar-refractivity contribution in [3.63, 3.8) is 0 Å². The van der Waals surface area contributed by atoms with Crippen LogP contribution in [0.25, 0.3) is 10.8 Å². The van der Waals surface area contributed by atoms with Crippen molar-refractivity contribution >= 4 is 36.7 Å². The van der Waals surface area contributed by atoms with Crippen LogP contribution in [0.2, 0.25) is 0 Å². The first-order chi connectivity index (χ1) is 8.99. The summed E-state index contributed by atoms with van der Waals surface area (Å²) in [5.41, 5.74) is 1.65. The van der Waals surface area contributed by atoms with Crippen LogP contribution in [0, 0.1) is 0 Å². The Labute approximate surface area is 113 Å². The van der Waals surface area contributed by atoms with E-state index in [1.165, 1.54) is 0 Å². The highest BCUT2D eigenvalue weighted by molar-refractivity contribution is 6.58. The fourth-order valence-electron chi connectivity index (χ4n) is 1.69. The summed E-state index contributed by atoms with van der Waals surface area (Å²) in [7, 11) is 2.58. The lowest BCUT2D eigenvalue weighted by Gasteiger charge is -2.13. The summed E-state index contributed by atoms with van der Waals surface area (Å²) in [4.78, 5) is 2.04. The van der Waals surface area contributed by atoms with Gasteiger partial charge >= 0.3 is 14.8 Å². The molecule has 19 heavy (non-hydrogen) atoms. The van der Waals surface area contributed by atoms with Gasteiger partial charge in [-0.2, -0.15) is 0 Å². The number of benzene rings is 2. The topological polar surface area (TPSA) is 84.2 Å². The zero-order valence-corrected chi connectivity index (χ0v) is 10.9. The van der Waals surface area contributed by atoms with Crippen LogP contribution in [0.15, 0.2) is 36.4 Å². The van der Waals surface area contributed by atoms with E-state index in [4.69, 9.17) is 20.1 Å². The van der Waals surface area contributed by atoms with Crippen molar-refractivity contribution in [3.05, 3.63) is 36.4 Å². The minimum atomic E-state index is -1.40. The van der Waals surface area contributed by atoms with Crippen LogP contribution in [0.5, 0.6) is 0 Å². The van der Waals surface area contributed by atoms with E-state index in [1.54, 1.807) is 12.1 Å². The van der Waals surface area contributed by atoms with E-state index >= 15 is 0 Å². The highest BCUT2D eigenvalue weighted by atomic mass is 16.4. The lowest BCUT2D eigenvalue weighted by atomic mass is 9.79. The summed E-state index contributed by atoms with van der Waals surface area (Å²) in [5, 5.41) is 34.3. The second-order valence-corrected chi connectivity index (χ2v) is 4.17. The van der Waals surface area contributed by atoms with E-state index < -0.39 is 7.12 Å². The molecular formula is C12H16B2NO4. The largest absolute Gasteiger partial charge is 0.488 e. The van der Waals surface area contributed by atoms with Crippen molar-refractivity contribution in [2.24, 2.45) is 0 Å². The van der Waals surface area contributed by atoms with E-state index in [0.29, 0.717) is 5.46 Å². The predicted octanol–water partition coefficient (Wildman–Crippen LogP) is -0.909. The van der Waals surface area contributed by atoms with Gasteiger partial charge in [0, 0.05) is 19.8 Å². The Morgan fingerprint density at radius 3 is 2.00 bits per heavy atom. The van der Waals surface area contributed by atoms with Gasteiger partial charge in [0.1, 0.15) is 0 Å². The number of hydrogen-bond donors (Lipinski definition) is 4. The van der Waals surface area contributed by atoms with Gasteiger partial charge in [-0.15, -0.1) is 0 Å². The molecule has 7 heteroatoms. The molecule has 4 N–H and O–H groups in total. The van der Waals surface area contributed by atoms with Gasteiger partial charge in [-0.1, -0.05) is 24.3 Å². The van der Waals surface area contributed by atoms with Crippen LogP contribution >= 0.6 is 0 Å². The van der Waals surface area contributed by atoms with Crippen LogP contribution in [0.1, 0.15) is 0 Å². The minimum Gasteiger partial charge on any atom is -0.429 e. The van der Waals surface area contributed by atoms with Crippen molar-refractivity contribution in [1.82, 2.24) is 0 Å². The molecule has 0 bridgehead atoms. The third kappa shape index (κ3) is 4.25. The normalized spacial score (nSPS) is 9.58. The maximum absolute atomic E-state index is 9.07. The average molecular weight is 260 g/mol. The first-order valence-corrected chi connectivity index (χ1v) is 5.67. The summed E-state index contributed by atoms with van der Waals surface area (Å²) in [6, 6.07) is 11.5. The van der Waals surface area contributed by atoms with E-state index in [1.807, 2.05) is 37.2 Å². The Kier molecular flexibility index (Phi) is 5.85. The van der Waals surface area contributed by atoms with Gasteiger partial charge in [-0.25, -0.2) is 0 Å². The molecule has 2 rings (SSSR count). The van der Waals surface area contributed by atoms with E-state index in [-0.39, 0.29) is 7.69 Å². The third-order valence-corrected chi connectivity index (χ3v) is 2.66. The molecule has 99 valence electrons. The Balaban J connectivity index is 0.000000550. The van der Waals surface area contributed by atoms with Gasteiger partial charge in [-0.3, -0.25) is 0 Å². The molecule has 0 spiro atoms. The molecule has 0 saturated heterocycles. The molecule has 0 atom stereocenters. The van der Waals surface area contributed by atoms with Crippen molar-refractivity contribution in [2.75, 3.05) is 19.0 Å². The van der Waals surface area contributed by atoms with E-state index in [2.05, 4.69) is 6.07 Å². The zero-order chi connectivity index (χ0) is 14.4. The summed E-state index contributed by atoms with van der Waals surface area (Å²) < 4.78 is 0. The maximum Gasteiger partial charge on any atom is 0.488 e. The Bertz CT molecular complexity index is 487. The van der Waals surface area contributed by atoms with Crippen LogP contribution in [-0.2, 0) is 0 Å². The van der Waals surface area contributed by atoms with Crippen LogP contribution in [0.4, 0.5) is 5.69 Å². The highest BCUT2D eigenvalue weighted by Gasteiger charge is 2.10. The Hall–Kier alpha value is -1.53. The lowest BCUT2D eigenvalue weighted by molar-refractivity contribution is 0.426. The molecule has 2 aromatic rings. The standard InChI is InChI=1S/C12H14BNO2.BH2O2/c1-14(2)12-6-4-9-7-11(13(15)16)5-3-10(9)8-12;2-1-3/h3-8,15-16H,1-2H3;2-3H. The molecule has 2 aromatic carbocycles. The monoisotopic (exact) mass is 260 g/mol. The predicted molar refractivity (Wildman–Crippen MR) is 78.3 cm³/mol. The Morgan fingerprint density at radius 1 is 0.947 bits per heavy atom. The van der Waals surface area contributed by atoms with Gasteiger partial charge in [0.25, 0.3) is 0 Å². The molecule has 0 saturated carbocycles. The van der Waals surface area contributed by atoms with Crippen LogP contribution < -0.4 is 10.4 Å². The van der Waals surface area contributed by atoms with Gasteiger partial charge in [-0.05, 0) is 28.4 Å². The summed E-state index contributed by atoms with van der Waals surface area (Å²) in [5.74, 6) is 0. The second-order valence-electron chi connectivity index (χ2n) is 4.17. The SMILES string of the molecule is CN(C)c1ccc2cc(B(O)O)ccc2c1.O[B]O. The number of fused-ring (bicyclic) bond motifs is 1. The molecule has 0 aliphatic rings. The van der Waals surface area contributed by atoms with Crippen molar-refractivity contribution < 1.29 is 20.1 Å². The van der Waals surface area contributed by atoms with E-state index in [9.17, 15) is 0 Å². The highest BCUT2D eigenvalue weighted by Crippen LogP contribution is 2.19. The zero-order valence-electron chi connectivity index (χ0n) is 10.9. The lowest BCUT2D eigenvalue weighted by Crippen LogP contribution is -2.29. The second kappa shape index (κ2) is 7.16. The molecular weight excluding hydrogens is 244 g/mol. The quantitative estimate of drug-likeness (QED) is 0.525. The fraction of sp³-hybridized carbons (Fsp3) is 0.167. The van der Waals surface area contributed by atoms with Gasteiger partial charge < -0.3 is 25.0 Å². The summed E-state index contributed by atoms with van der Waals surface area (Å²) >= 11 is 0. The summed E-state index contributed by atoms with van der Waals surface area (Å²) in [6.45, 7) is 0. The maximum atomic E-state index is 9.07. The third-order valence-electron chi connectivity index (χ3n) is 2.66. The summed E-state index contributed by atoms with van der Waals surface area (Å²) in [6.07, 6.45) is 0. The smallest absolute Gasteiger partial charge is 0.429 e. The molecule has 5 nitrogen and oxygen atoms in total. The first-order valence-electron chi connectivity index (χ1n) is 5.67. The Morgan fingerprint density at radius 2 is 1.47 bits per heavy atom. The molecule has 0 fully saturated rings. The molecule has 1 radical (unpaired) electrons. The number of hydrogen-bond acceptors (Lipinski definition) is 5. The van der Waals surface area contributed by atoms with Crippen molar-refractivity contribution in [3.8, 4) is 0 Å². The van der Waals surface area contributed by atoms with E-state index in [0.717, 1.165) is 16.5 Å². The molecule has 0 amide bonds. The number of nitrogens with zero attached hydrogens (tertiary/aromatic N) is 1. The molecule has 0 heterocycles.